The van der Waals surface area contributed by atoms with Gasteiger partial charge in [-0.25, -0.2) is 4.39 Å². The highest BCUT2D eigenvalue weighted by Crippen LogP contribution is 2.17. The second kappa shape index (κ2) is 7.30. The minimum absolute atomic E-state index is 0.0551. The predicted molar refractivity (Wildman–Crippen MR) is 94.7 cm³/mol. The Hall–Kier alpha value is -2.62. The third-order valence-corrected chi connectivity index (χ3v) is 4.28. The summed E-state index contributed by atoms with van der Waals surface area (Å²) in [5.74, 6) is -0.384. The molecular formula is C20H21FN2O. The molecule has 0 aromatic heterocycles. The number of nitrogens with zero attached hydrogens (tertiary/aromatic N) is 2. The number of allylic oxidation sites excluding steroid dienone is 1. The first kappa shape index (κ1) is 16.2. The molecule has 1 fully saturated rings. The summed E-state index contributed by atoms with van der Waals surface area (Å²) in [4.78, 5) is 16.9. The molecule has 2 aromatic carbocycles. The number of hydrogen-bond donors (Lipinski definition) is 0. The Bertz CT molecular complexity index is 717. The average molecular weight is 324 g/mol. The zero-order chi connectivity index (χ0) is 16.9. The van der Waals surface area contributed by atoms with E-state index in [1.807, 2.05) is 31.3 Å². The van der Waals surface area contributed by atoms with E-state index in [4.69, 9.17) is 0 Å². The summed E-state index contributed by atoms with van der Waals surface area (Å²) in [7, 11) is 0. The number of piperazine rings is 1. The molecule has 2 aromatic rings. The number of Topliss-reactive ketones (excluding diaryl/α,β-unsaturated/α-hetero) is 1. The summed E-state index contributed by atoms with van der Waals surface area (Å²) in [5, 5.41) is 0. The normalized spacial score (nSPS) is 15.5. The molecule has 1 aliphatic heterocycles. The lowest BCUT2D eigenvalue weighted by Crippen LogP contribution is -2.44. The van der Waals surface area contributed by atoms with E-state index >= 15 is 0 Å². The van der Waals surface area contributed by atoms with Crippen molar-refractivity contribution in [2.45, 2.75) is 6.92 Å². The summed E-state index contributed by atoms with van der Waals surface area (Å²) in [6.45, 7) is 5.43. The van der Waals surface area contributed by atoms with E-state index in [2.05, 4.69) is 21.9 Å². The van der Waals surface area contributed by atoms with Crippen LogP contribution in [0.2, 0.25) is 0 Å². The van der Waals surface area contributed by atoms with Crippen LogP contribution in [0.15, 0.2) is 66.4 Å². The summed E-state index contributed by atoms with van der Waals surface area (Å²) in [5.41, 5.74) is 2.43. The second-order valence-corrected chi connectivity index (χ2v) is 6.01. The van der Waals surface area contributed by atoms with Crippen molar-refractivity contribution in [3.63, 3.8) is 0 Å². The quantitative estimate of drug-likeness (QED) is 0.632. The van der Waals surface area contributed by atoms with Gasteiger partial charge in [0.05, 0.1) is 0 Å². The Morgan fingerprint density at radius 1 is 0.958 bits per heavy atom. The molecule has 24 heavy (non-hydrogen) atoms. The Balaban J connectivity index is 1.61. The first-order chi connectivity index (χ1) is 11.6. The van der Waals surface area contributed by atoms with E-state index in [1.54, 1.807) is 0 Å². The first-order valence-electron chi connectivity index (χ1n) is 8.16. The lowest BCUT2D eigenvalue weighted by Gasteiger charge is -2.35. The maximum Gasteiger partial charge on any atom is 0.190 e. The fraction of sp³-hybridized carbons (Fsp3) is 0.250. The topological polar surface area (TPSA) is 23.6 Å². The number of anilines is 1. The van der Waals surface area contributed by atoms with Gasteiger partial charge in [-0.3, -0.25) is 4.79 Å². The Kier molecular flexibility index (Phi) is 4.94. The monoisotopic (exact) mass is 324 g/mol. The van der Waals surface area contributed by atoms with Crippen LogP contribution in [0, 0.1) is 5.82 Å². The van der Waals surface area contributed by atoms with E-state index in [1.165, 1.54) is 30.0 Å². The molecule has 3 nitrogen and oxygen atoms in total. The molecule has 0 saturated carbocycles. The standard InChI is InChI=1S/C20H21FN2O/c1-16(20(24)17-7-9-18(21)10-8-17)15-22-11-13-23(14-12-22)19-5-3-2-4-6-19/h2-10,15H,11-14H2,1H3/b16-15+. The highest BCUT2D eigenvalue weighted by Gasteiger charge is 2.16. The van der Waals surface area contributed by atoms with Crippen molar-refractivity contribution in [3.8, 4) is 0 Å². The Morgan fingerprint density at radius 3 is 2.21 bits per heavy atom. The maximum absolute atomic E-state index is 13.0. The van der Waals surface area contributed by atoms with Crippen molar-refractivity contribution in [2.75, 3.05) is 31.1 Å². The minimum atomic E-state index is -0.329. The fourth-order valence-corrected chi connectivity index (χ4v) is 2.91. The fourth-order valence-electron chi connectivity index (χ4n) is 2.91. The molecule has 1 saturated heterocycles. The third kappa shape index (κ3) is 3.82. The number of carbonyl (C=O) groups excluding carboxylic acids is 1. The smallest absolute Gasteiger partial charge is 0.190 e. The van der Waals surface area contributed by atoms with Crippen LogP contribution in [0.3, 0.4) is 0 Å². The highest BCUT2D eigenvalue weighted by molar-refractivity contribution is 6.08. The highest BCUT2D eigenvalue weighted by atomic mass is 19.1. The van der Waals surface area contributed by atoms with Gasteiger partial charge < -0.3 is 9.80 Å². The number of halogens is 1. The van der Waals surface area contributed by atoms with Crippen LogP contribution in [0.1, 0.15) is 17.3 Å². The predicted octanol–water partition coefficient (Wildman–Crippen LogP) is 3.73. The first-order valence-corrected chi connectivity index (χ1v) is 8.16. The van der Waals surface area contributed by atoms with Gasteiger partial charge in [0.2, 0.25) is 0 Å². The molecule has 0 radical (unpaired) electrons. The van der Waals surface area contributed by atoms with Gasteiger partial charge in [-0.15, -0.1) is 0 Å². The number of para-hydroxylation sites is 1. The van der Waals surface area contributed by atoms with Crippen molar-refractivity contribution in [1.29, 1.82) is 0 Å². The lowest BCUT2D eigenvalue weighted by atomic mass is 10.1. The Morgan fingerprint density at radius 2 is 1.58 bits per heavy atom. The molecule has 0 N–H and O–H groups in total. The van der Waals surface area contributed by atoms with Crippen LogP contribution in [0.4, 0.5) is 10.1 Å². The molecule has 0 bridgehead atoms. The number of benzene rings is 2. The van der Waals surface area contributed by atoms with Gasteiger partial charge in [0, 0.05) is 49.2 Å². The Labute approximate surface area is 142 Å². The van der Waals surface area contributed by atoms with Gasteiger partial charge in [-0.1, -0.05) is 18.2 Å². The second-order valence-electron chi connectivity index (χ2n) is 6.01. The summed E-state index contributed by atoms with van der Waals surface area (Å²) < 4.78 is 13.0. The number of carbonyl (C=O) groups is 1. The number of rotatable bonds is 4. The molecular weight excluding hydrogens is 303 g/mol. The molecule has 3 rings (SSSR count). The van der Waals surface area contributed by atoms with Gasteiger partial charge in [0.15, 0.2) is 5.78 Å². The van der Waals surface area contributed by atoms with Crippen molar-refractivity contribution in [3.05, 3.63) is 77.8 Å². The zero-order valence-corrected chi connectivity index (χ0v) is 13.8. The van der Waals surface area contributed by atoms with E-state index in [-0.39, 0.29) is 11.6 Å². The number of ketones is 1. The molecule has 1 aliphatic rings. The van der Waals surface area contributed by atoms with Crippen LogP contribution in [-0.2, 0) is 0 Å². The van der Waals surface area contributed by atoms with Crippen molar-refractivity contribution in [2.24, 2.45) is 0 Å². The van der Waals surface area contributed by atoms with Gasteiger partial charge >= 0.3 is 0 Å². The summed E-state index contributed by atoms with van der Waals surface area (Å²) >= 11 is 0. The van der Waals surface area contributed by atoms with Gasteiger partial charge in [-0.2, -0.15) is 0 Å². The van der Waals surface area contributed by atoms with Crippen molar-refractivity contribution >= 4 is 11.5 Å². The van der Waals surface area contributed by atoms with Gasteiger partial charge in [-0.05, 0) is 43.3 Å². The van der Waals surface area contributed by atoms with E-state index in [0.29, 0.717) is 11.1 Å². The van der Waals surface area contributed by atoms with Crippen LogP contribution in [0.5, 0.6) is 0 Å². The molecule has 0 spiro atoms. The van der Waals surface area contributed by atoms with Crippen molar-refractivity contribution in [1.82, 2.24) is 4.90 Å². The minimum Gasteiger partial charge on any atom is -0.373 e. The molecule has 0 aliphatic carbocycles. The van der Waals surface area contributed by atoms with Crippen molar-refractivity contribution < 1.29 is 9.18 Å². The number of hydrogen-bond acceptors (Lipinski definition) is 3. The summed E-state index contributed by atoms with van der Waals surface area (Å²) in [6.07, 6.45) is 1.92. The molecule has 124 valence electrons. The van der Waals surface area contributed by atoms with Gasteiger partial charge in [0.1, 0.15) is 5.82 Å². The maximum atomic E-state index is 13.0. The van der Waals surface area contributed by atoms with Crippen LogP contribution in [0.25, 0.3) is 0 Å². The molecule has 0 atom stereocenters. The van der Waals surface area contributed by atoms with Gasteiger partial charge in [0.25, 0.3) is 0 Å². The lowest BCUT2D eigenvalue weighted by molar-refractivity contribution is 0.103. The van der Waals surface area contributed by atoms with E-state index in [9.17, 15) is 9.18 Å². The average Bonchev–Trinajstić information content (AvgIpc) is 2.63. The molecule has 0 amide bonds. The molecule has 1 heterocycles. The SMILES string of the molecule is C/C(=C\N1CCN(c2ccccc2)CC1)C(=O)c1ccc(F)cc1. The largest absolute Gasteiger partial charge is 0.373 e. The van der Waals surface area contributed by atoms with E-state index in [0.717, 1.165) is 26.2 Å². The van der Waals surface area contributed by atoms with Crippen LogP contribution in [-0.4, -0.2) is 36.9 Å². The molecule has 4 heteroatoms. The zero-order valence-electron chi connectivity index (χ0n) is 13.8. The summed E-state index contributed by atoms with van der Waals surface area (Å²) in [6, 6.07) is 16.1. The van der Waals surface area contributed by atoms with E-state index < -0.39 is 0 Å². The van der Waals surface area contributed by atoms with Crippen LogP contribution >= 0.6 is 0 Å². The third-order valence-electron chi connectivity index (χ3n) is 4.28. The molecule has 0 unspecified atom stereocenters. The van der Waals surface area contributed by atoms with Crippen LogP contribution < -0.4 is 4.90 Å².